The van der Waals surface area contributed by atoms with Crippen LogP contribution in [0.5, 0.6) is 5.75 Å². The number of benzene rings is 1. The van der Waals surface area contributed by atoms with Crippen LogP contribution in [0.1, 0.15) is 18.4 Å². The first-order valence-corrected chi connectivity index (χ1v) is 8.13. The van der Waals surface area contributed by atoms with Crippen molar-refractivity contribution >= 4 is 11.8 Å². The summed E-state index contributed by atoms with van der Waals surface area (Å²) in [7, 11) is 3.86. The van der Waals surface area contributed by atoms with Gasteiger partial charge < -0.3 is 10.5 Å². The highest BCUT2D eigenvalue weighted by Crippen LogP contribution is 2.20. The molecule has 0 aliphatic heterocycles. The van der Waals surface area contributed by atoms with E-state index in [1.54, 1.807) is 7.11 Å². The van der Waals surface area contributed by atoms with Crippen LogP contribution in [0.15, 0.2) is 24.3 Å². The number of methoxy groups -OCH3 is 1. The van der Waals surface area contributed by atoms with Gasteiger partial charge in [-0.3, -0.25) is 4.90 Å². The van der Waals surface area contributed by atoms with Gasteiger partial charge in [0.05, 0.1) is 7.11 Å². The summed E-state index contributed by atoms with van der Waals surface area (Å²) >= 11 is 1.90. The van der Waals surface area contributed by atoms with Gasteiger partial charge in [0, 0.05) is 24.7 Å². The second-order valence-electron chi connectivity index (χ2n) is 4.75. The van der Waals surface area contributed by atoms with Crippen LogP contribution in [0.25, 0.3) is 0 Å². The van der Waals surface area contributed by atoms with Gasteiger partial charge in [-0.15, -0.1) is 0 Å². The predicted molar refractivity (Wildman–Crippen MR) is 84.9 cm³/mol. The van der Waals surface area contributed by atoms with E-state index in [1.165, 1.54) is 17.7 Å². The lowest BCUT2D eigenvalue weighted by Gasteiger charge is -2.27. The van der Waals surface area contributed by atoms with Crippen LogP contribution >= 0.6 is 11.8 Å². The summed E-state index contributed by atoms with van der Waals surface area (Å²) in [6.45, 7) is 1.59. The van der Waals surface area contributed by atoms with Crippen LogP contribution < -0.4 is 10.5 Å². The van der Waals surface area contributed by atoms with E-state index in [0.717, 1.165) is 18.7 Å². The van der Waals surface area contributed by atoms with Crippen LogP contribution in [-0.2, 0) is 6.54 Å². The molecule has 108 valence electrons. The lowest BCUT2D eigenvalue weighted by atomic mass is 10.1. The Labute approximate surface area is 121 Å². The van der Waals surface area contributed by atoms with Crippen LogP contribution in [0.2, 0.25) is 0 Å². The smallest absolute Gasteiger partial charge is 0.123 e. The van der Waals surface area contributed by atoms with E-state index in [-0.39, 0.29) is 0 Å². The normalized spacial score (nSPS) is 12.7. The summed E-state index contributed by atoms with van der Waals surface area (Å²) in [6, 6.07) is 8.62. The fourth-order valence-corrected chi connectivity index (χ4v) is 2.67. The summed E-state index contributed by atoms with van der Waals surface area (Å²) in [4.78, 5) is 2.33. The molecule has 1 atom stereocenters. The van der Waals surface area contributed by atoms with Crippen LogP contribution in [0.3, 0.4) is 0 Å². The molecule has 0 radical (unpaired) electrons. The minimum Gasteiger partial charge on any atom is -0.496 e. The van der Waals surface area contributed by atoms with Gasteiger partial charge in [0.25, 0.3) is 0 Å². The maximum atomic E-state index is 5.90. The van der Waals surface area contributed by atoms with Crippen molar-refractivity contribution in [2.75, 3.05) is 32.7 Å². The highest BCUT2D eigenvalue weighted by atomic mass is 32.2. The number of nitrogens with zero attached hydrogens (tertiary/aromatic N) is 1. The van der Waals surface area contributed by atoms with Gasteiger partial charge in [0.2, 0.25) is 0 Å². The number of rotatable bonds is 9. The predicted octanol–water partition coefficient (Wildman–Crippen LogP) is 2.60. The Balaban J connectivity index is 2.58. The molecule has 0 spiro atoms. The molecule has 0 saturated heterocycles. The number of para-hydroxylation sites is 1. The minimum absolute atomic E-state index is 0.442. The van der Waals surface area contributed by atoms with Crippen LogP contribution in [0, 0.1) is 0 Å². The molecule has 0 bridgehead atoms. The van der Waals surface area contributed by atoms with Crippen LogP contribution in [0.4, 0.5) is 0 Å². The lowest BCUT2D eigenvalue weighted by molar-refractivity contribution is 0.223. The zero-order chi connectivity index (χ0) is 14.1. The number of hydrogen-bond acceptors (Lipinski definition) is 4. The van der Waals surface area contributed by atoms with Crippen molar-refractivity contribution < 1.29 is 4.74 Å². The first kappa shape index (κ1) is 16.3. The first-order valence-electron chi connectivity index (χ1n) is 6.74. The van der Waals surface area contributed by atoms with Gasteiger partial charge >= 0.3 is 0 Å². The van der Waals surface area contributed by atoms with Gasteiger partial charge in [0.1, 0.15) is 5.75 Å². The molecule has 1 aromatic carbocycles. The number of hydrogen-bond donors (Lipinski definition) is 1. The van der Waals surface area contributed by atoms with Crippen LogP contribution in [-0.4, -0.2) is 43.7 Å². The molecule has 19 heavy (non-hydrogen) atoms. The molecule has 0 aliphatic rings. The van der Waals surface area contributed by atoms with E-state index in [9.17, 15) is 0 Å². The van der Waals surface area contributed by atoms with Crippen molar-refractivity contribution in [3.63, 3.8) is 0 Å². The molecule has 2 N–H and O–H groups in total. The van der Waals surface area contributed by atoms with Gasteiger partial charge in [-0.2, -0.15) is 11.8 Å². The molecule has 0 heterocycles. The van der Waals surface area contributed by atoms with E-state index in [0.29, 0.717) is 12.6 Å². The molecule has 3 nitrogen and oxygen atoms in total. The van der Waals surface area contributed by atoms with Gasteiger partial charge in [-0.1, -0.05) is 18.2 Å². The topological polar surface area (TPSA) is 38.5 Å². The lowest BCUT2D eigenvalue weighted by Crippen LogP contribution is -2.37. The zero-order valence-corrected chi connectivity index (χ0v) is 13.1. The monoisotopic (exact) mass is 282 g/mol. The summed E-state index contributed by atoms with van der Waals surface area (Å²) in [6.07, 6.45) is 4.53. The third-order valence-corrected chi connectivity index (χ3v) is 4.09. The quantitative estimate of drug-likeness (QED) is 0.707. The number of nitrogens with two attached hydrogens (primary N) is 1. The summed E-state index contributed by atoms with van der Waals surface area (Å²) in [5, 5.41) is 0. The Bertz CT molecular complexity index is 360. The number of likely N-dealkylation sites (N-methyl/N-ethyl adjacent to an activating group) is 1. The zero-order valence-electron chi connectivity index (χ0n) is 12.3. The second kappa shape index (κ2) is 9.23. The molecule has 1 unspecified atom stereocenters. The van der Waals surface area contributed by atoms with E-state index < -0.39 is 0 Å². The summed E-state index contributed by atoms with van der Waals surface area (Å²) in [5.74, 6) is 2.16. The van der Waals surface area contributed by atoms with Gasteiger partial charge in [-0.25, -0.2) is 0 Å². The molecular weight excluding hydrogens is 256 g/mol. The molecular formula is C15H26N2OS. The minimum atomic E-state index is 0.442. The standard InChI is InChI=1S/C15H26N2OS/c1-17(14(11-16)8-6-10-19-3)12-13-7-4-5-9-15(13)18-2/h4-5,7,9,14H,6,8,10-12,16H2,1-3H3. The van der Waals surface area contributed by atoms with Crippen molar-refractivity contribution in [1.29, 1.82) is 0 Å². The Kier molecular flexibility index (Phi) is 7.94. The third-order valence-electron chi connectivity index (χ3n) is 3.39. The molecule has 4 heteroatoms. The van der Waals surface area contributed by atoms with Crippen molar-refractivity contribution in [2.45, 2.75) is 25.4 Å². The molecule has 0 amide bonds. The van der Waals surface area contributed by atoms with Gasteiger partial charge in [-0.05, 0) is 38.0 Å². The SMILES string of the molecule is COc1ccccc1CN(C)C(CN)CCCSC. The van der Waals surface area contributed by atoms with E-state index in [1.807, 2.05) is 23.9 Å². The number of ether oxygens (including phenoxy) is 1. The highest BCUT2D eigenvalue weighted by Gasteiger charge is 2.14. The molecule has 1 rings (SSSR count). The molecule has 0 aromatic heterocycles. The van der Waals surface area contributed by atoms with E-state index in [4.69, 9.17) is 10.5 Å². The Hall–Kier alpha value is -0.710. The summed E-state index contributed by atoms with van der Waals surface area (Å²) in [5.41, 5.74) is 7.12. The second-order valence-corrected chi connectivity index (χ2v) is 5.74. The molecule has 0 saturated carbocycles. The first-order chi connectivity index (χ1) is 9.22. The fraction of sp³-hybridized carbons (Fsp3) is 0.600. The largest absolute Gasteiger partial charge is 0.496 e. The van der Waals surface area contributed by atoms with Crippen molar-refractivity contribution in [3.05, 3.63) is 29.8 Å². The van der Waals surface area contributed by atoms with Gasteiger partial charge in [0.15, 0.2) is 0 Å². The Morgan fingerprint density at radius 2 is 2.11 bits per heavy atom. The van der Waals surface area contributed by atoms with Crippen molar-refractivity contribution in [1.82, 2.24) is 4.90 Å². The van der Waals surface area contributed by atoms with Crippen molar-refractivity contribution in [2.24, 2.45) is 5.73 Å². The van der Waals surface area contributed by atoms with E-state index >= 15 is 0 Å². The summed E-state index contributed by atoms with van der Waals surface area (Å²) < 4.78 is 5.40. The average Bonchev–Trinajstić information content (AvgIpc) is 2.44. The fourth-order valence-electron chi connectivity index (χ4n) is 2.21. The molecule has 1 aromatic rings. The van der Waals surface area contributed by atoms with E-state index in [2.05, 4.69) is 30.3 Å². The third kappa shape index (κ3) is 5.43. The number of thioether (sulfide) groups is 1. The van der Waals surface area contributed by atoms with Crippen molar-refractivity contribution in [3.8, 4) is 5.75 Å². The molecule has 0 fully saturated rings. The maximum Gasteiger partial charge on any atom is 0.123 e. The Morgan fingerprint density at radius 3 is 2.74 bits per heavy atom. The maximum absolute atomic E-state index is 5.90. The Morgan fingerprint density at radius 1 is 1.37 bits per heavy atom. The average molecular weight is 282 g/mol. The highest BCUT2D eigenvalue weighted by molar-refractivity contribution is 7.98. The molecule has 0 aliphatic carbocycles.